The van der Waals surface area contributed by atoms with E-state index in [0.717, 1.165) is 34.4 Å². The zero-order chi connectivity index (χ0) is 22.6. The summed E-state index contributed by atoms with van der Waals surface area (Å²) in [6, 6.07) is 11.6. The van der Waals surface area contributed by atoms with Gasteiger partial charge in [-0.25, -0.2) is 0 Å². The highest BCUT2D eigenvalue weighted by molar-refractivity contribution is 5.94. The molecule has 2 N–H and O–H groups in total. The van der Waals surface area contributed by atoms with Crippen molar-refractivity contribution < 1.29 is 4.79 Å². The van der Waals surface area contributed by atoms with Gasteiger partial charge in [-0.3, -0.25) is 14.9 Å². The third kappa shape index (κ3) is 7.60. The van der Waals surface area contributed by atoms with Gasteiger partial charge in [0.15, 0.2) is 0 Å². The molecule has 0 bridgehead atoms. The van der Waals surface area contributed by atoms with Crippen molar-refractivity contribution in [2.45, 2.75) is 41.0 Å². The molecule has 5 heteroatoms. The van der Waals surface area contributed by atoms with Gasteiger partial charge in [0, 0.05) is 35.6 Å². The summed E-state index contributed by atoms with van der Waals surface area (Å²) < 4.78 is 0. The first-order valence-electron chi connectivity index (χ1n) is 10.4. The molecule has 0 radical (unpaired) electrons. The van der Waals surface area contributed by atoms with Crippen molar-refractivity contribution in [2.75, 3.05) is 6.54 Å². The van der Waals surface area contributed by atoms with Gasteiger partial charge in [0.2, 0.25) is 0 Å². The molecular weight excluding hydrogens is 384 g/mol. The zero-order valence-corrected chi connectivity index (χ0v) is 18.9. The lowest BCUT2D eigenvalue weighted by atomic mass is 10.0. The van der Waals surface area contributed by atoms with E-state index < -0.39 is 0 Å². The topological polar surface area (TPSA) is 70.1 Å². The first-order chi connectivity index (χ1) is 14.9. The summed E-state index contributed by atoms with van der Waals surface area (Å²) in [4.78, 5) is 16.5. The molecule has 1 aromatic heterocycles. The Balaban J connectivity index is 0.000000488. The fourth-order valence-corrected chi connectivity index (χ4v) is 2.63. The summed E-state index contributed by atoms with van der Waals surface area (Å²) in [6.45, 7) is 10.6. The molecule has 2 aromatic carbocycles. The third-order valence-corrected chi connectivity index (χ3v) is 4.44. The highest BCUT2D eigenvalue weighted by atomic mass is 16.1. The maximum absolute atomic E-state index is 12.0. The van der Waals surface area contributed by atoms with E-state index in [9.17, 15) is 4.79 Å². The number of carbonyl (C=O) groups excluding carboxylic acids is 1. The van der Waals surface area contributed by atoms with Gasteiger partial charge >= 0.3 is 0 Å². The van der Waals surface area contributed by atoms with Crippen LogP contribution in [-0.2, 0) is 0 Å². The molecular formula is C26H30N4O. The number of aryl methyl sites for hydroxylation is 3. The summed E-state index contributed by atoms with van der Waals surface area (Å²) in [7, 11) is 0. The Morgan fingerprint density at radius 1 is 1.10 bits per heavy atom. The van der Waals surface area contributed by atoms with E-state index in [4.69, 9.17) is 0 Å². The zero-order valence-electron chi connectivity index (χ0n) is 18.9. The molecule has 0 aliphatic rings. The van der Waals surface area contributed by atoms with Gasteiger partial charge < -0.3 is 5.32 Å². The number of nitrogens with one attached hydrogen (secondary N) is 2. The summed E-state index contributed by atoms with van der Waals surface area (Å²) in [6.07, 6.45) is 6.43. The fourth-order valence-electron chi connectivity index (χ4n) is 2.63. The number of aromatic amines is 1. The predicted molar refractivity (Wildman–Crippen MR) is 128 cm³/mol. The predicted octanol–water partition coefficient (Wildman–Crippen LogP) is 5.28. The summed E-state index contributed by atoms with van der Waals surface area (Å²) in [5.41, 5.74) is 6.71. The van der Waals surface area contributed by atoms with Crippen molar-refractivity contribution in [1.29, 1.82) is 0 Å². The smallest absolute Gasteiger partial charge is 0.251 e. The summed E-state index contributed by atoms with van der Waals surface area (Å²) >= 11 is 0. The van der Waals surface area contributed by atoms with E-state index in [2.05, 4.69) is 39.3 Å². The Labute approximate surface area is 185 Å². The van der Waals surface area contributed by atoms with Gasteiger partial charge in [-0.1, -0.05) is 30.9 Å². The molecule has 3 rings (SSSR count). The van der Waals surface area contributed by atoms with Crippen LogP contribution in [0.25, 0.3) is 0 Å². The Kier molecular flexibility index (Phi) is 9.25. The number of hydrogen-bond donors (Lipinski definition) is 2. The molecule has 1 amide bonds. The maximum Gasteiger partial charge on any atom is 0.251 e. The summed E-state index contributed by atoms with van der Waals surface area (Å²) in [5.74, 6) is 6.30. The van der Waals surface area contributed by atoms with Crippen molar-refractivity contribution in [2.24, 2.45) is 4.99 Å². The molecule has 0 spiro atoms. The minimum atomic E-state index is -0.0722. The molecule has 160 valence electrons. The van der Waals surface area contributed by atoms with Gasteiger partial charge in [0.1, 0.15) is 0 Å². The molecule has 0 unspecified atom stereocenters. The summed E-state index contributed by atoms with van der Waals surface area (Å²) in [5, 5.41) is 9.19. The van der Waals surface area contributed by atoms with Crippen molar-refractivity contribution in [3.05, 3.63) is 82.2 Å². The highest BCUT2D eigenvalue weighted by Crippen LogP contribution is 2.20. The van der Waals surface area contributed by atoms with E-state index in [0.29, 0.717) is 12.1 Å². The average Bonchev–Trinajstić information content (AvgIpc) is 3.24. The molecule has 0 atom stereocenters. The lowest BCUT2D eigenvalue weighted by Crippen LogP contribution is -2.22. The van der Waals surface area contributed by atoms with E-state index in [1.807, 2.05) is 76.5 Å². The quantitative estimate of drug-likeness (QED) is 0.450. The maximum atomic E-state index is 12.0. The second kappa shape index (κ2) is 12.1. The van der Waals surface area contributed by atoms with Crippen molar-refractivity contribution in [3.8, 4) is 11.8 Å². The molecule has 0 aliphatic carbocycles. The Morgan fingerprint density at radius 2 is 1.87 bits per heavy atom. The van der Waals surface area contributed by atoms with Gasteiger partial charge in [0.25, 0.3) is 5.91 Å². The molecule has 5 nitrogen and oxygen atoms in total. The minimum absolute atomic E-state index is 0.0722. The van der Waals surface area contributed by atoms with Crippen LogP contribution in [0.5, 0.6) is 0 Å². The van der Waals surface area contributed by atoms with Crippen LogP contribution in [0.15, 0.2) is 53.8 Å². The van der Waals surface area contributed by atoms with Gasteiger partial charge in [0.05, 0.1) is 11.9 Å². The van der Waals surface area contributed by atoms with Crippen LogP contribution in [0.4, 0.5) is 5.69 Å². The largest absolute Gasteiger partial charge is 0.352 e. The number of aliphatic imine (C=N–C) groups is 1. The van der Waals surface area contributed by atoms with Crippen LogP contribution >= 0.6 is 0 Å². The normalized spacial score (nSPS) is 10.1. The van der Waals surface area contributed by atoms with Crippen LogP contribution in [0.1, 0.15) is 58.4 Å². The van der Waals surface area contributed by atoms with Crippen molar-refractivity contribution in [1.82, 2.24) is 15.5 Å². The number of nitrogens with zero attached hydrogens (tertiary/aromatic N) is 2. The van der Waals surface area contributed by atoms with Crippen LogP contribution in [0.2, 0.25) is 0 Å². The van der Waals surface area contributed by atoms with E-state index in [1.54, 1.807) is 6.20 Å². The lowest BCUT2D eigenvalue weighted by molar-refractivity contribution is 0.0956. The van der Waals surface area contributed by atoms with Gasteiger partial charge in [-0.05, 0) is 75.1 Å². The SMILES string of the molecule is CCC=Nc1cc(C#Cc2cc(C(=O)NCC)ccc2C)ccc1C.Cc1cn[nH]c1. The fraction of sp³-hybridized carbons (Fsp3) is 0.269. The van der Waals surface area contributed by atoms with Crippen LogP contribution in [-0.4, -0.2) is 28.9 Å². The molecule has 0 saturated carbocycles. The van der Waals surface area contributed by atoms with Gasteiger partial charge in [-0.15, -0.1) is 0 Å². The molecule has 0 aliphatic heterocycles. The van der Waals surface area contributed by atoms with Crippen LogP contribution in [0, 0.1) is 32.6 Å². The molecule has 0 fully saturated rings. The van der Waals surface area contributed by atoms with Crippen molar-refractivity contribution >= 4 is 17.8 Å². The Hall–Kier alpha value is -3.65. The molecule has 0 saturated heterocycles. The Morgan fingerprint density at radius 3 is 2.48 bits per heavy atom. The number of rotatable bonds is 4. The number of aromatic nitrogens is 2. The van der Waals surface area contributed by atoms with E-state index in [1.165, 1.54) is 5.56 Å². The second-order valence-electron chi connectivity index (χ2n) is 7.14. The highest BCUT2D eigenvalue weighted by Gasteiger charge is 2.06. The van der Waals surface area contributed by atoms with E-state index in [-0.39, 0.29) is 5.91 Å². The average molecular weight is 415 g/mol. The third-order valence-electron chi connectivity index (χ3n) is 4.44. The number of amides is 1. The Bertz CT molecular complexity index is 1090. The molecule has 31 heavy (non-hydrogen) atoms. The molecule has 1 heterocycles. The second-order valence-corrected chi connectivity index (χ2v) is 7.14. The van der Waals surface area contributed by atoms with Crippen LogP contribution < -0.4 is 5.32 Å². The van der Waals surface area contributed by atoms with E-state index >= 15 is 0 Å². The number of carbonyl (C=O) groups is 1. The minimum Gasteiger partial charge on any atom is -0.352 e. The standard InChI is InChI=1S/C22H24N2O.C4H6N2/c1-5-13-24-21-14-18(9-7-17(21)4)10-12-19-15-20(11-8-16(19)3)22(25)23-6-2;1-4-2-5-6-3-4/h7-9,11,13-15H,5-6H2,1-4H3,(H,23,25);2-3H,1H3,(H,5,6). The van der Waals surface area contributed by atoms with Gasteiger partial charge in [-0.2, -0.15) is 5.10 Å². The number of benzene rings is 2. The number of hydrogen-bond acceptors (Lipinski definition) is 3. The first kappa shape index (κ1) is 23.6. The van der Waals surface area contributed by atoms with Crippen LogP contribution in [0.3, 0.4) is 0 Å². The van der Waals surface area contributed by atoms with Crippen molar-refractivity contribution in [3.63, 3.8) is 0 Å². The monoisotopic (exact) mass is 414 g/mol. The number of H-pyrrole nitrogens is 1. The lowest BCUT2D eigenvalue weighted by Gasteiger charge is -2.05. The molecule has 3 aromatic rings. The first-order valence-corrected chi connectivity index (χ1v) is 10.4.